The van der Waals surface area contributed by atoms with Crippen molar-refractivity contribution in [2.24, 2.45) is 5.92 Å². The second-order valence-corrected chi connectivity index (χ2v) is 8.20. The summed E-state index contributed by atoms with van der Waals surface area (Å²) in [6, 6.07) is 5.56. The zero-order chi connectivity index (χ0) is 22.4. The molecule has 0 saturated carbocycles. The van der Waals surface area contributed by atoms with Crippen molar-refractivity contribution in [2.45, 2.75) is 52.4 Å². The van der Waals surface area contributed by atoms with E-state index in [4.69, 9.17) is 18.7 Å². The molecule has 1 aromatic heterocycles. The van der Waals surface area contributed by atoms with Crippen LogP contribution in [0.2, 0.25) is 0 Å². The van der Waals surface area contributed by atoms with Gasteiger partial charge in [0, 0.05) is 13.1 Å². The molecule has 1 fully saturated rings. The summed E-state index contributed by atoms with van der Waals surface area (Å²) in [6.45, 7) is 6.19. The molecule has 2 heterocycles. The Labute approximate surface area is 179 Å². The number of carbonyl (C=O) groups is 2. The molecule has 0 N–H and O–H groups in total. The van der Waals surface area contributed by atoms with E-state index >= 15 is 0 Å². The van der Waals surface area contributed by atoms with Crippen LogP contribution in [0, 0.1) is 11.7 Å². The lowest BCUT2D eigenvalue weighted by Crippen LogP contribution is -2.43. The Morgan fingerprint density at radius 2 is 1.84 bits per heavy atom. The molecule has 1 saturated heterocycles. The number of hydrogen-bond acceptors (Lipinski definition) is 8. The van der Waals surface area contributed by atoms with Gasteiger partial charge in [0.25, 0.3) is 5.89 Å². The molecule has 0 unspecified atom stereocenters. The highest BCUT2D eigenvalue weighted by Gasteiger charge is 2.31. The minimum atomic E-state index is -0.556. The van der Waals surface area contributed by atoms with Crippen molar-refractivity contribution in [3.63, 3.8) is 0 Å². The number of aromatic nitrogens is 2. The summed E-state index contributed by atoms with van der Waals surface area (Å²) < 4.78 is 34.0. The zero-order valence-corrected chi connectivity index (χ0v) is 17.8. The lowest BCUT2D eigenvalue weighted by molar-refractivity contribution is -0.152. The summed E-state index contributed by atoms with van der Waals surface area (Å²) in [5.41, 5.74) is -0.556. The molecule has 0 aliphatic carbocycles. The van der Waals surface area contributed by atoms with Crippen molar-refractivity contribution in [3.8, 4) is 5.75 Å². The van der Waals surface area contributed by atoms with Crippen LogP contribution in [0.4, 0.5) is 9.18 Å². The summed E-state index contributed by atoms with van der Waals surface area (Å²) in [4.78, 5) is 30.1. The molecule has 10 heteroatoms. The largest absolute Gasteiger partial charge is 0.485 e. The number of ether oxygens (including phenoxy) is 3. The average molecular weight is 435 g/mol. The highest BCUT2D eigenvalue weighted by atomic mass is 19.1. The fourth-order valence-electron chi connectivity index (χ4n) is 2.96. The second-order valence-electron chi connectivity index (χ2n) is 8.20. The summed E-state index contributed by atoms with van der Waals surface area (Å²) in [7, 11) is 0. The van der Waals surface area contributed by atoms with Crippen LogP contribution >= 0.6 is 0 Å². The van der Waals surface area contributed by atoms with E-state index in [2.05, 4.69) is 10.1 Å². The molecule has 9 nitrogen and oxygen atoms in total. The Kier molecular flexibility index (Phi) is 7.09. The molecule has 2 aromatic rings. The molecule has 0 spiro atoms. The highest BCUT2D eigenvalue weighted by Crippen LogP contribution is 2.21. The van der Waals surface area contributed by atoms with Gasteiger partial charge in [-0.3, -0.25) is 4.79 Å². The van der Waals surface area contributed by atoms with Crippen LogP contribution in [-0.2, 0) is 27.5 Å². The molecule has 0 atom stereocenters. The number of likely N-dealkylation sites (tertiary alicyclic amines) is 1. The Bertz CT molecular complexity index is 885. The van der Waals surface area contributed by atoms with E-state index in [1.54, 1.807) is 4.90 Å². The molecule has 1 amide bonds. The maximum atomic E-state index is 12.9. The van der Waals surface area contributed by atoms with Gasteiger partial charge in [0.05, 0.1) is 5.92 Å². The number of piperidine rings is 1. The number of nitrogens with zero attached hydrogens (tertiary/aromatic N) is 3. The van der Waals surface area contributed by atoms with Crippen LogP contribution in [0.3, 0.4) is 0 Å². The minimum Gasteiger partial charge on any atom is -0.485 e. The Balaban J connectivity index is 1.39. The van der Waals surface area contributed by atoms with Gasteiger partial charge in [-0.25, -0.2) is 9.18 Å². The van der Waals surface area contributed by atoms with Gasteiger partial charge < -0.3 is 23.6 Å². The summed E-state index contributed by atoms with van der Waals surface area (Å²) in [5.74, 6) is -0.129. The fourth-order valence-corrected chi connectivity index (χ4v) is 2.96. The number of esters is 1. The molecule has 0 bridgehead atoms. The van der Waals surface area contributed by atoms with Crippen molar-refractivity contribution in [3.05, 3.63) is 41.8 Å². The van der Waals surface area contributed by atoms with Crippen LogP contribution < -0.4 is 4.74 Å². The van der Waals surface area contributed by atoms with E-state index in [9.17, 15) is 14.0 Å². The standard InChI is InChI=1S/C21H26FN3O6/c1-21(2,3)30-20(27)25-10-8-14(9-11-25)19(26)29-13-18-23-17(24-31-18)12-28-16-6-4-15(22)5-7-16/h4-7,14H,8-13H2,1-3H3. The first-order valence-corrected chi connectivity index (χ1v) is 10.0. The van der Waals surface area contributed by atoms with Gasteiger partial charge in [0.15, 0.2) is 13.2 Å². The predicted octanol–water partition coefficient (Wildman–Crippen LogP) is 3.48. The van der Waals surface area contributed by atoms with Crippen LogP contribution in [0.25, 0.3) is 0 Å². The molecular formula is C21H26FN3O6. The average Bonchev–Trinajstić information content (AvgIpc) is 3.18. The first-order chi connectivity index (χ1) is 14.7. The molecule has 31 heavy (non-hydrogen) atoms. The number of carbonyl (C=O) groups excluding carboxylic acids is 2. The van der Waals surface area contributed by atoms with Crippen molar-refractivity contribution in [1.29, 1.82) is 0 Å². The van der Waals surface area contributed by atoms with Crippen molar-refractivity contribution in [2.75, 3.05) is 13.1 Å². The first-order valence-electron chi connectivity index (χ1n) is 10.0. The Morgan fingerprint density at radius 1 is 1.16 bits per heavy atom. The molecular weight excluding hydrogens is 409 g/mol. The smallest absolute Gasteiger partial charge is 0.410 e. The highest BCUT2D eigenvalue weighted by molar-refractivity contribution is 5.73. The van der Waals surface area contributed by atoms with E-state index in [1.165, 1.54) is 24.3 Å². The SMILES string of the molecule is CC(C)(C)OC(=O)N1CCC(C(=O)OCc2nc(COc3ccc(F)cc3)no2)CC1. The minimum absolute atomic E-state index is 0.0339. The topological polar surface area (TPSA) is 104 Å². The van der Waals surface area contributed by atoms with Gasteiger partial charge in [0.1, 0.15) is 17.2 Å². The zero-order valence-electron chi connectivity index (χ0n) is 17.8. The van der Waals surface area contributed by atoms with E-state index in [-0.39, 0.29) is 48.7 Å². The normalized spacial score (nSPS) is 14.9. The van der Waals surface area contributed by atoms with Gasteiger partial charge in [-0.1, -0.05) is 5.16 Å². The van der Waals surface area contributed by atoms with E-state index < -0.39 is 5.60 Å². The summed E-state index contributed by atoms with van der Waals surface area (Å²) >= 11 is 0. The van der Waals surface area contributed by atoms with Gasteiger partial charge in [-0.05, 0) is 57.9 Å². The number of benzene rings is 1. The molecule has 168 valence electrons. The van der Waals surface area contributed by atoms with Crippen LogP contribution in [0.5, 0.6) is 5.75 Å². The van der Waals surface area contributed by atoms with E-state index in [1.807, 2.05) is 20.8 Å². The van der Waals surface area contributed by atoms with Crippen molar-refractivity contribution < 1.29 is 32.7 Å². The molecule has 1 aromatic carbocycles. The lowest BCUT2D eigenvalue weighted by Gasteiger charge is -2.32. The number of halogens is 1. The molecule has 1 aliphatic heterocycles. The third-order valence-corrected chi connectivity index (χ3v) is 4.51. The monoisotopic (exact) mass is 435 g/mol. The van der Waals surface area contributed by atoms with Gasteiger partial charge in [-0.15, -0.1) is 0 Å². The predicted molar refractivity (Wildman–Crippen MR) is 105 cm³/mol. The second kappa shape index (κ2) is 9.76. The third kappa shape index (κ3) is 6.94. The number of rotatable bonds is 6. The van der Waals surface area contributed by atoms with Crippen LogP contribution in [-0.4, -0.2) is 45.8 Å². The molecule has 1 aliphatic rings. The van der Waals surface area contributed by atoms with Crippen molar-refractivity contribution >= 4 is 12.1 Å². The van der Waals surface area contributed by atoms with Gasteiger partial charge in [-0.2, -0.15) is 4.98 Å². The number of amides is 1. The first kappa shape index (κ1) is 22.5. The maximum absolute atomic E-state index is 12.9. The lowest BCUT2D eigenvalue weighted by atomic mass is 9.97. The third-order valence-electron chi connectivity index (χ3n) is 4.51. The quantitative estimate of drug-likeness (QED) is 0.635. The molecule has 0 radical (unpaired) electrons. The summed E-state index contributed by atoms with van der Waals surface area (Å²) in [6.07, 6.45) is 0.623. The summed E-state index contributed by atoms with van der Waals surface area (Å²) in [5, 5.41) is 3.76. The van der Waals surface area contributed by atoms with E-state index in [0.29, 0.717) is 31.7 Å². The Morgan fingerprint density at radius 3 is 2.48 bits per heavy atom. The fraction of sp³-hybridized carbons (Fsp3) is 0.524. The Hall–Kier alpha value is -3.17. The van der Waals surface area contributed by atoms with Crippen molar-refractivity contribution in [1.82, 2.24) is 15.0 Å². The van der Waals surface area contributed by atoms with E-state index in [0.717, 1.165) is 0 Å². The van der Waals surface area contributed by atoms with Gasteiger partial charge in [0.2, 0.25) is 5.82 Å². The van der Waals surface area contributed by atoms with Gasteiger partial charge >= 0.3 is 12.1 Å². The molecule has 3 rings (SSSR count). The van der Waals surface area contributed by atoms with Crippen LogP contribution in [0.15, 0.2) is 28.8 Å². The number of hydrogen-bond donors (Lipinski definition) is 0. The van der Waals surface area contributed by atoms with Crippen LogP contribution in [0.1, 0.15) is 45.3 Å². The maximum Gasteiger partial charge on any atom is 0.410 e.